The first-order valence-corrected chi connectivity index (χ1v) is 8.33. The van der Waals surface area contributed by atoms with Crippen molar-refractivity contribution >= 4 is 38.4 Å². The van der Waals surface area contributed by atoms with Gasteiger partial charge in [-0.05, 0) is 43.3 Å². The first kappa shape index (κ1) is 14.2. The monoisotopic (exact) mass is 314 g/mol. The lowest BCUT2D eigenvalue weighted by Crippen LogP contribution is -1.98. The summed E-state index contributed by atoms with van der Waals surface area (Å²) in [7, 11) is 0. The number of rotatable bonds is 3. The van der Waals surface area contributed by atoms with Gasteiger partial charge < -0.3 is 0 Å². The Morgan fingerprint density at radius 3 is 2.71 bits per heavy atom. The number of hydrogen-bond acceptors (Lipinski definition) is 5. The largest absolute Gasteiger partial charge is 0.279 e. The molecule has 3 rings (SSSR count). The van der Waals surface area contributed by atoms with Gasteiger partial charge in [0.25, 0.3) is 0 Å². The number of fused-ring (bicyclic) bond motifs is 1. The highest BCUT2D eigenvalue weighted by molar-refractivity contribution is 8.14. The number of aryl methyl sites for hydroxylation is 2. The van der Waals surface area contributed by atoms with E-state index >= 15 is 0 Å². The van der Waals surface area contributed by atoms with Crippen molar-refractivity contribution in [3.05, 3.63) is 52.8 Å². The van der Waals surface area contributed by atoms with E-state index in [0.29, 0.717) is 5.69 Å². The number of benzene rings is 1. The average Bonchev–Trinajstić information content (AvgIpc) is 2.92. The molecule has 3 nitrogen and oxygen atoms in total. The van der Waals surface area contributed by atoms with Crippen LogP contribution < -0.4 is 0 Å². The lowest BCUT2D eigenvalue weighted by molar-refractivity contribution is 0.108. The van der Waals surface area contributed by atoms with Crippen molar-refractivity contribution in [2.24, 2.45) is 0 Å². The molecule has 0 bridgehead atoms. The minimum Gasteiger partial charge on any atom is -0.279 e. The van der Waals surface area contributed by atoms with Gasteiger partial charge in [0.05, 0.1) is 0 Å². The molecule has 1 aromatic carbocycles. The predicted molar refractivity (Wildman–Crippen MR) is 88.2 cm³/mol. The molecule has 0 N–H and O–H groups in total. The summed E-state index contributed by atoms with van der Waals surface area (Å²) >= 11 is 2.84. The molecule has 0 atom stereocenters. The van der Waals surface area contributed by atoms with Gasteiger partial charge in [0.2, 0.25) is 5.12 Å². The van der Waals surface area contributed by atoms with Crippen molar-refractivity contribution in [3.8, 4) is 0 Å². The van der Waals surface area contributed by atoms with E-state index in [1.54, 1.807) is 11.3 Å². The smallest absolute Gasteiger partial charge is 0.243 e. The fraction of sp³-hybridized carbons (Fsp3) is 0.188. The van der Waals surface area contributed by atoms with E-state index in [2.05, 4.69) is 16.9 Å². The Balaban J connectivity index is 1.94. The van der Waals surface area contributed by atoms with Crippen LogP contribution in [0, 0.1) is 6.92 Å². The molecule has 0 saturated carbocycles. The zero-order valence-electron chi connectivity index (χ0n) is 11.8. The maximum atomic E-state index is 12.5. The Morgan fingerprint density at radius 2 is 2.00 bits per heavy atom. The van der Waals surface area contributed by atoms with Crippen LogP contribution in [0.3, 0.4) is 0 Å². The van der Waals surface area contributed by atoms with Gasteiger partial charge in [-0.3, -0.25) is 4.79 Å². The second-order valence-corrected chi connectivity index (χ2v) is 6.87. The Labute approximate surface area is 131 Å². The van der Waals surface area contributed by atoms with Gasteiger partial charge in [0, 0.05) is 15.2 Å². The van der Waals surface area contributed by atoms with E-state index in [1.807, 2.05) is 37.3 Å². The van der Waals surface area contributed by atoms with Crippen LogP contribution in [-0.2, 0) is 6.42 Å². The molecular formula is C16H14N2OS2. The third-order valence-corrected chi connectivity index (χ3v) is 5.23. The van der Waals surface area contributed by atoms with E-state index < -0.39 is 0 Å². The second kappa shape index (κ2) is 5.95. The summed E-state index contributed by atoms with van der Waals surface area (Å²) in [6.07, 6.45) is 2.42. The summed E-state index contributed by atoms with van der Waals surface area (Å²) in [5.74, 6) is 0. The van der Waals surface area contributed by atoms with Crippen molar-refractivity contribution in [1.82, 2.24) is 9.97 Å². The van der Waals surface area contributed by atoms with E-state index in [9.17, 15) is 4.79 Å². The molecule has 0 aliphatic heterocycles. The highest BCUT2D eigenvalue weighted by Gasteiger charge is 2.16. The summed E-state index contributed by atoms with van der Waals surface area (Å²) in [4.78, 5) is 24.0. The van der Waals surface area contributed by atoms with Gasteiger partial charge in [-0.25, -0.2) is 9.97 Å². The Bertz CT molecular complexity index is 794. The van der Waals surface area contributed by atoms with Crippen LogP contribution in [0.4, 0.5) is 0 Å². The Hall–Kier alpha value is -1.72. The van der Waals surface area contributed by atoms with Crippen LogP contribution in [0.5, 0.6) is 0 Å². The number of carbonyl (C=O) groups is 1. The Kier molecular flexibility index (Phi) is 4.03. The van der Waals surface area contributed by atoms with Crippen LogP contribution in [0.25, 0.3) is 10.2 Å². The van der Waals surface area contributed by atoms with E-state index in [1.165, 1.54) is 28.5 Å². The fourth-order valence-electron chi connectivity index (χ4n) is 2.00. The molecule has 0 aliphatic rings. The molecule has 3 aromatic rings. The van der Waals surface area contributed by atoms with Gasteiger partial charge in [0.1, 0.15) is 16.9 Å². The molecule has 2 aromatic heterocycles. The van der Waals surface area contributed by atoms with Gasteiger partial charge >= 0.3 is 0 Å². The first-order valence-electron chi connectivity index (χ1n) is 6.69. The van der Waals surface area contributed by atoms with Gasteiger partial charge in [-0.15, -0.1) is 11.3 Å². The van der Waals surface area contributed by atoms with Crippen molar-refractivity contribution in [1.29, 1.82) is 0 Å². The summed E-state index contributed by atoms with van der Waals surface area (Å²) < 4.78 is 0. The third-order valence-electron chi connectivity index (χ3n) is 3.15. The molecule has 0 fully saturated rings. The lowest BCUT2D eigenvalue weighted by Gasteiger charge is -2.02. The highest BCUT2D eigenvalue weighted by atomic mass is 32.2. The standard InChI is InChI=1S/C16H14N2OS2/c1-3-11-8-13-14(17-9-18-15(13)20-11)16(19)21-12-6-4-10(2)5-7-12/h4-9H,3H2,1-2H3. The number of hydrogen-bond donors (Lipinski definition) is 0. The fourth-order valence-corrected chi connectivity index (χ4v) is 3.68. The van der Waals surface area contributed by atoms with Crippen molar-refractivity contribution in [2.75, 3.05) is 0 Å². The predicted octanol–water partition coefficient (Wildman–Crippen LogP) is 4.49. The van der Waals surface area contributed by atoms with Crippen LogP contribution in [0.15, 0.2) is 41.6 Å². The van der Waals surface area contributed by atoms with Gasteiger partial charge in [-0.1, -0.05) is 24.6 Å². The third kappa shape index (κ3) is 2.99. The van der Waals surface area contributed by atoms with E-state index in [-0.39, 0.29) is 5.12 Å². The number of carbonyl (C=O) groups excluding carboxylic acids is 1. The Morgan fingerprint density at radius 1 is 1.24 bits per heavy atom. The van der Waals surface area contributed by atoms with Crippen molar-refractivity contribution < 1.29 is 4.79 Å². The van der Waals surface area contributed by atoms with E-state index in [0.717, 1.165) is 21.5 Å². The average molecular weight is 314 g/mol. The molecule has 0 unspecified atom stereocenters. The number of nitrogens with zero attached hydrogens (tertiary/aromatic N) is 2. The number of thioether (sulfide) groups is 1. The molecule has 2 heterocycles. The lowest BCUT2D eigenvalue weighted by atomic mass is 10.2. The molecule has 106 valence electrons. The van der Waals surface area contributed by atoms with Crippen molar-refractivity contribution in [3.63, 3.8) is 0 Å². The topological polar surface area (TPSA) is 42.9 Å². The van der Waals surface area contributed by atoms with Crippen LogP contribution >= 0.6 is 23.1 Å². The minimum absolute atomic E-state index is 0.0355. The molecule has 0 radical (unpaired) electrons. The minimum atomic E-state index is -0.0355. The molecule has 21 heavy (non-hydrogen) atoms. The van der Waals surface area contributed by atoms with Crippen LogP contribution in [0.1, 0.15) is 27.9 Å². The van der Waals surface area contributed by atoms with Crippen LogP contribution in [-0.4, -0.2) is 15.1 Å². The molecule has 0 aliphatic carbocycles. The second-order valence-electron chi connectivity index (χ2n) is 4.71. The van der Waals surface area contributed by atoms with Gasteiger partial charge in [0.15, 0.2) is 0 Å². The summed E-state index contributed by atoms with van der Waals surface area (Å²) in [5.41, 5.74) is 1.68. The van der Waals surface area contributed by atoms with Crippen molar-refractivity contribution in [2.45, 2.75) is 25.2 Å². The molecule has 5 heteroatoms. The molecular weight excluding hydrogens is 300 g/mol. The quantitative estimate of drug-likeness (QED) is 0.668. The SMILES string of the molecule is CCc1cc2c(C(=O)Sc3ccc(C)cc3)ncnc2s1. The van der Waals surface area contributed by atoms with Crippen LogP contribution in [0.2, 0.25) is 0 Å². The highest BCUT2D eigenvalue weighted by Crippen LogP contribution is 2.30. The molecule has 0 amide bonds. The zero-order valence-corrected chi connectivity index (χ0v) is 13.4. The summed E-state index contributed by atoms with van der Waals surface area (Å²) in [6, 6.07) is 9.96. The van der Waals surface area contributed by atoms with E-state index in [4.69, 9.17) is 0 Å². The maximum absolute atomic E-state index is 12.5. The zero-order chi connectivity index (χ0) is 14.8. The molecule has 0 spiro atoms. The number of thiophene rings is 1. The molecule has 0 saturated heterocycles. The number of aromatic nitrogens is 2. The normalized spacial score (nSPS) is 11.0. The maximum Gasteiger partial charge on any atom is 0.243 e. The summed E-state index contributed by atoms with van der Waals surface area (Å²) in [6.45, 7) is 4.13. The first-order chi connectivity index (χ1) is 10.2. The van der Waals surface area contributed by atoms with Gasteiger partial charge in [-0.2, -0.15) is 0 Å². The summed E-state index contributed by atoms with van der Waals surface area (Å²) in [5, 5.41) is 0.829.